The van der Waals surface area contributed by atoms with Gasteiger partial charge >= 0.3 is 0 Å². The lowest BCUT2D eigenvalue weighted by Gasteiger charge is -2.17. The van der Waals surface area contributed by atoms with E-state index < -0.39 is 0 Å². The third-order valence-electron chi connectivity index (χ3n) is 4.87. The first kappa shape index (κ1) is 20.8. The predicted octanol–water partition coefficient (Wildman–Crippen LogP) is 4.20. The number of rotatable bonds is 6. The lowest BCUT2D eigenvalue weighted by atomic mass is 10.1. The summed E-state index contributed by atoms with van der Waals surface area (Å²) in [4.78, 5) is 11.4. The van der Waals surface area contributed by atoms with Crippen LogP contribution < -0.4 is 19.1 Å². The molecule has 2 aromatic rings. The average Bonchev–Trinajstić information content (AvgIpc) is 3.52. The molecule has 0 saturated heterocycles. The molecule has 0 radical (unpaired) electrons. The van der Waals surface area contributed by atoms with Crippen molar-refractivity contribution in [3.05, 3.63) is 40.6 Å². The Balaban J connectivity index is 0.00000117. The molecule has 1 saturated carbocycles. The Labute approximate surface area is 172 Å². The van der Waals surface area contributed by atoms with Crippen molar-refractivity contribution >= 4 is 11.7 Å². The summed E-state index contributed by atoms with van der Waals surface area (Å²) < 4.78 is 21.8. The molecule has 0 atom stereocenters. The average molecular weight is 399 g/mol. The van der Waals surface area contributed by atoms with Gasteiger partial charge in [-0.25, -0.2) is 4.98 Å². The fourth-order valence-electron chi connectivity index (χ4n) is 3.36. The van der Waals surface area contributed by atoms with Gasteiger partial charge in [-0.3, -0.25) is 0 Å². The number of ether oxygens (including phenoxy) is 4. The Morgan fingerprint density at radius 2 is 1.41 bits per heavy atom. The van der Waals surface area contributed by atoms with E-state index in [0.29, 0.717) is 24.9 Å². The monoisotopic (exact) mass is 399 g/mol. The largest absolute Gasteiger partial charge is 0.495 e. The molecule has 1 aliphatic heterocycles. The highest BCUT2D eigenvalue weighted by Gasteiger charge is 2.27. The molecule has 4 rings (SSSR count). The number of methoxy groups -OCH3 is 4. The maximum Gasteiger partial charge on any atom is 0.229 e. The minimum absolute atomic E-state index is 0.525. The maximum absolute atomic E-state index is 5.58. The molecule has 0 spiro atoms. The number of benzene rings is 1. The quantitative estimate of drug-likeness (QED) is 0.675. The molecule has 29 heavy (non-hydrogen) atoms. The fraction of sp³-hybridized carbons (Fsp3) is 0.455. The van der Waals surface area contributed by atoms with Gasteiger partial charge in [0, 0.05) is 19.2 Å². The van der Waals surface area contributed by atoms with Crippen molar-refractivity contribution in [1.29, 1.82) is 0 Å². The van der Waals surface area contributed by atoms with E-state index in [2.05, 4.69) is 9.88 Å². The van der Waals surface area contributed by atoms with Crippen LogP contribution in [-0.4, -0.2) is 38.4 Å². The van der Waals surface area contributed by atoms with Gasteiger partial charge in [-0.15, -0.1) is 0 Å². The first-order valence-corrected chi connectivity index (χ1v) is 9.85. The Morgan fingerprint density at radius 3 is 1.86 bits per heavy atom. The van der Waals surface area contributed by atoms with E-state index in [9.17, 15) is 0 Å². The number of fused-ring (bicyclic) bond motifs is 1. The van der Waals surface area contributed by atoms with Gasteiger partial charge in [0.15, 0.2) is 11.5 Å². The van der Waals surface area contributed by atoms with Crippen molar-refractivity contribution in [3.63, 3.8) is 0 Å². The van der Waals surface area contributed by atoms with Gasteiger partial charge in [0.25, 0.3) is 0 Å². The summed E-state index contributed by atoms with van der Waals surface area (Å²) in [5, 5.41) is 0. The third-order valence-corrected chi connectivity index (χ3v) is 4.87. The third kappa shape index (κ3) is 4.23. The normalized spacial score (nSPS) is 13.9. The van der Waals surface area contributed by atoms with Gasteiger partial charge in [-0.1, -0.05) is 13.8 Å². The van der Waals surface area contributed by atoms with Crippen molar-refractivity contribution in [3.8, 4) is 17.4 Å². The number of aromatic nitrogens is 2. The molecule has 2 aliphatic rings. The maximum atomic E-state index is 5.58. The lowest BCUT2D eigenvalue weighted by molar-refractivity contribution is 0.354. The van der Waals surface area contributed by atoms with Crippen molar-refractivity contribution in [1.82, 2.24) is 9.97 Å². The molecule has 7 heteroatoms. The van der Waals surface area contributed by atoms with Crippen LogP contribution in [0, 0.1) is 0 Å². The van der Waals surface area contributed by atoms with Crippen LogP contribution >= 0.6 is 0 Å². The fourth-order valence-corrected chi connectivity index (χ4v) is 3.36. The highest BCUT2D eigenvalue weighted by atomic mass is 16.5. The molecule has 1 aromatic carbocycles. The molecule has 0 amide bonds. The summed E-state index contributed by atoms with van der Waals surface area (Å²) >= 11 is 0. The molecular formula is C22H29N3O4. The van der Waals surface area contributed by atoms with E-state index in [1.54, 1.807) is 28.4 Å². The zero-order valence-electron chi connectivity index (χ0n) is 18.0. The Morgan fingerprint density at radius 1 is 0.828 bits per heavy atom. The summed E-state index contributed by atoms with van der Waals surface area (Å²) in [5.74, 6) is 3.43. The number of hydrogen-bond acceptors (Lipinski definition) is 7. The van der Waals surface area contributed by atoms with E-state index in [1.807, 2.05) is 32.0 Å². The van der Waals surface area contributed by atoms with Gasteiger partial charge < -0.3 is 23.8 Å². The molecule has 2 heterocycles. The second-order valence-corrected chi connectivity index (χ2v) is 6.56. The van der Waals surface area contributed by atoms with Gasteiger partial charge in [0.1, 0.15) is 11.5 Å². The van der Waals surface area contributed by atoms with Crippen molar-refractivity contribution in [2.24, 2.45) is 0 Å². The number of anilines is 1. The lowest BCUT2D eigenvalue weighted by Crippen LogP contribution is -2.18. The summed E-state index contributed by atoms with van der Waals surface area (Å²) in [5.41, 5.74) is 4.39. The van der Waals surface area contributed by atoms with Crippen molar-refractivity contribution < 1.29 is 18.9 Å². The van der Waals surface area contributed by atoms with Gasteiger partial charge in [0.2, 0.25) is 11.8 Å². The Hall–Kier alpha value is -2.96. The van der Waals surface area contributed by atoms with E-state index in [4.69, 9.17) is 23.9 Å². The molecule has 1 aliphatic carbocycles. The first-order valence-electron chi connectivity index (χ1n) is 9.85. The van der Waals surface area contributed by atoms with Crippen molar-refractivity contribution in [2.75, 3.05) is 33.3 Å². The Bertz CT molecular complexity index is 872. The van der Waals surface area contributed by atoms with Crippen LogP contribution in [0.1, 0.15) is 43.5 Å². The van der Waals surface area contributed by atoms with E-state index in [-0.39, 0.29) is 0 Å². The predicted molar refractivity (Wildman–Crippen MR) is 113 cm³/mol. The molecule has 1 aromatic heterocycles. The minimum Gasteiger partial charge on any atom is -0.495 e. The van der Waals surface area contributed by atoms with Gasteiger partial charge in [-0.2, -0.15) is 4.98 Å². The van der Waals surface area contributed by atoms with E-state index >= 15 is 0 Å². The number of allylic oxidation sites excluding steroid dienone is 1. The van der Waals surface area contributed by atoms with Gasteiger partial charge in [0.05, 0.1) is 28.4 Å². The molecule has 0 unspecified atom stereocenters. The molecular weight excluding hydrogens is 370 g/mol. The zero-order chi connectivity index (χ0) is 21.0. The standard InChI is InChI=1S/C20H23N3O4.C2H6/c1-24-16-7-13-10-23(11-14(13)8-17(16)25-2)20-21-15(9-18(22-20)26-3)19(27-4)12-5-6-12;1-2/h7-9H,5-6,10-11H2,1-4H3;1-2H3. The smallest absolute Gasteiger partial charge is 0.229 e. The van der Waals surface area contributed by atoms with E-state index in [0.717, 1.165) is 35.8 Å². The topological polar surface area (TPSA) is 65.9 Å². The summed E-state index contributed by atoms with van der Waals surface area (Å²) in [6.45, 7) is 5.39. The van der Waals surface area contributed by atoms with Crippen molar-refractivity contribution in [2.45, 2.75) is 39.8 Å². The number of hydrogen-bond donors (Lipinski definition) is 0. The second-order valence-electron chi connectivity index (χ2n) is 6.56. The van der Waals surface area contributed by atoms with Crippen LogP contribution in [0.25, 0.3) is 5.76 Å². The van der Waals surface area contributed by atoms with Gasteiger partial charge in [-0.05, 0) is 41.7 Å². The molecule has 1 fully saturated rings. The first-order chi connectivity index (χ1) is 14.2. The molecule has 7 nitrogen and oxygen atoms in total. The number of nitrogens with zero attached hydrogens (tertiary/aromatic N) is 3. The van der Waals surface area contributed by atoms with Crippen LogP contribution in [0.3, 0.4) is 0 Å². The minimum atomic E-state index is 0.525. The molecule has 0 bridgehead atoms. The summed E-state index contributed by atoms with van der Waals surface area (Å²) in [6, 6.07) is 5.85. The summed E-state index contributed by atoms with van der Waals surface area (Å²) in [6.07, 6.45) is 2.11. The van der Waals surface area contributed by atoms with Crippen LogP contribution in [0.2, 0.25) is 0 Å². The van der Waals surface area contributed by atoms with Crippen LogP contribution in [0.4, 0.5) is 5.95 Å². The summed E-state index contributed by atoms with van der Waals surface area (Å²) in [7, 11) is 6.58. The Kier molecular flexibility index (Phi) is 6.46. The SMILES string of the molecule is CC.COC(=C1CC1)c1cc(OC)nc(N2Cc3cc(OC)c(OC)cc3C2)n1. The van der Waals surface area contributed by atoms with E-state index in [1.165, 1.54) is 16.7 Å². The highest BCUT2D eigenvalue weighted by molar-refractivity contribution is 5.65. The van der Waals surface area contributed by atoms with Crippen LogP contribution in [-0.2, 0) is 17.8 Å². The van der Waals surface area contributed by atoms with Crippen LogP contribution in [0.5, 0.6) is 17.4 Å². The van der Waals surface area contributed by atoms with Crippen LogP contribution in [0.15, 0.2) is 23.8 Å². The highest BCUT2D eigenvalue weighted by Crippen LogP contribution is 2.39. The second kappa shape index (κ2) is 9.03. The molecule has 0 N–H and O–H groups in total. The molecule has 156 valence electrons. The zero-order valence-corrected chi connectivity index (χ0v) is 18.0.